The van der Waals surface area contributed by atoms with Gasteiger partial charge in [-0.05, 0) is 61.4 Å². The fraction of sp³-hybridized carbons (Fsp3) is 0.481. The molecule has 0 bridgehead atoms. The highest BCUT2D eigenvalue weighted by Gasteiger charge is 2.24. The molecular weight excluding hydrogens is 436 g/mol. The fourth-order valence-corrected chi connectivity index (χ4v) is 3.46. The first-order valence-corrected chi connectivity index (χ1v) is 11.7. The van der Waals surface area contributed by atoms with Gasteiger partial charge < -0.3 is 15.8 Å². The average Bonchev–Trinajstić information content (AvgIpc) is 2.71. The molecule has 33 heavy (non-hydrogen) atoms. The van der Waals surface area contributed by atoms with Gasteiger partial charge in [0.15, 0.2) is 0 Å². The van der Waals surface area contributed by atoms with Crippen molar-refractivity contribution in [1.29, 1.82) is 0 Å². The molecule has 0 saturated carbocycles. The largest absolute Gasteiger partial charge is 0.465 e. The Morgan fingerprint density at radius 2 is 1.61 bits per heavy atom. The summed E-state index contributed by atoms with van der Waals surface area (Å²) in [6.07, 6.45) is 0.893. The minimum atomic E-state index is -0.573. The first-order valence-electron chi connectivity index (χ1n) is 11.3. The Hall–Kier alpha value is -2.53. The van der Waals surface area contributed by atoms with Gasteiger partial charge in [-0.3, -0.25) is 9.59 Å². The van der Waals surface area contributed by atoms with E-state index < -0.39 is 5.41 Å². The standard InChI is InChI=1S/C27H37ClN2O3/c1-26(2,3)21-10-7-18(8-11-21)13-20(17-33-25(32)27(4,5)6)16-30-24(31)15-19-9-12-23(29)22(28)14-19/h7-12,14,20H,13,15-17,29H2,1-6H3,(H,30,31). The van der Waals surface area contributed by atoms with Crippen LogP contribution in [0, 0.1) is 11.3 Å². The molecule has 3 N–H and O–H groups in total. The summed E-state index contributed by atoms with van der Waals surface area (Å²) in [6.45, 7) is 12.7. The lowest BCUT2D eigenvalue weighted by molar-refractivity contribution is -0.154. The second-order valence-electron chi connectivity index (χ2n) is 10.7. The van der Waals surface area contributed by atoms with Crippen LogP contribution in [0.1, 0.15) is 58.2 Å². The summed E-state index contributed by atoms with van der Waals surface area (Å²) >= 11 is 6.06. The van der Waals surface area contributed by atoms with Crippen LogP contribution in [0.2, 0.25) is 5.02 Å². The number of nitrogens with two attached hydrogens (primary N) is 1. The molecule has 0 aliphatic carbocycles. The highest BCUT2D eigenvalue weighted by atomic mass is 35.5. The summed E-state index contributed by atoms with van der Waals surface area (Å²) < 4.78 is 5.58. The predicted molar refractivity (Wildman–Crippen MR) is 135 cm³/mol. The van der Waals surface area contributed by atoms with Crippen LogP contribution < -0.4 is 11.1 Å². The Labute approximate surface area is 203 Å². The monoisotopic (exact) mass is 472 g/mol. The lowest BCUT2D eigenvalue weighted by Gasteiger charge is -2.23. The molecule has 6 heteroatoms. The normalized spacial score (nSPS) is 12.8. The van der Waals surface area contributed by atoms with Gasteiger partial charge in [0, 0.05) is 12.5 Å². The fourth-order valence-electron chi connectivity index (χ4n) is 3.26. The maximum Gasteiger partial charge on any atom is 0.311 e. The minimum absolute atomic E-state index is 0.0456. The first kappa shape index (κ1) is 26.7. The van der Waals surface area contributed by atoms with E-state index in [0.717, 1.165) is 11.1 Å². The summed E-state index contributed by atoms with van der Waals surface area (Å²) in [4.78, 5) is 24.8. The Bertz CT molecular complexity index is 957. The van der Waals surface area contributed by atoms with Crippen molar-refractivity contribution in [3.05, 3.63) is 64.2 Å². The second kappa shape index (κ2) is 11.1. The lowest BCUT2D eigenvalue weighted by Crippen LogP contribution is -2.35. The number of benzene rings is 2. The molecule has 0 aliphatic rings. The van der Waals surface area contributed by atoms with E-state index in [9.17, 15) is 9.59 Å². The van der Waals surface area contributed by atoms with Crippen molar-refractivity contribution in [2.75, 3.05) is 18.9 Å². The van der Waals surface area contributed by atoms with Crippen molar-refractivity contribution < 1.29 is 14.3 Å². The molecule has 0 aliphatic heterocycles. The molecule has 1 atom stereocenters. The number of nitrogens with one attached hydrogen (secondary N) is 1. The number of hydrogen-bond donors (Lipinski definition) is 2. The first-order chi connectivity index (χ1) is 15.3. The van der Waals surface area contributed by atoms with Crippen LogP contribution in [0.3, 0.4) is 0 Å². The van der Waals surface area contributed by atoms with Crippen LogP contribution in [0.5, 0.6) is 0 Å². The van der Waals surface area contributed by atoms with Crippen LogP contribution in [0.25, 0.3) is 0 Å². The van der Waals surface area contributed by atoms with Gasteiger partial charge >= 0.3 is 5.97 Å². The van der Waals surface area contributed by atoms with Crippen molar-refractivity contribution in [3.8, 4) is 0 Å². The molecule has 1 unspecified atom stereocenters. The topological polar surface area (TPSA) is 81.4 Å². The zero-order valence-electron chi connectivity index (χ0n) is 20.6. The number of hydrogen-bond acceptors (Lipinski definition) is 4. The number of carbonyl (C=O) groups excluding carboxylic acids is 2. The molecule has 0 saturated heterocycles. The third kappa shape index (κ3) is 8.73. The number of carbonyl (C=O) groups is 2. The molecule has 0 fully saturated rings. The molecule has 2 aromatic rings. The predicted octanol–water partition coefficient (Wildman–Crippen LogP) is 5.33. The van der Waals surface area contributed by atoms with Crippen LogP contribution in [-0.4, -0.2) is 25.0 Å². The number of rotatable bonds is 8. The van der Waals surface area contributed by atoms with Crippen molar-refractivity contribution in [1.82, 2.24) is 5.32 Å². The summed E-state index contributed by atoms with van der Waals surface area (Å²) in [5.74, 6) is -0.416. The van der Waals surface area contributed by atoms with Crippen molar-refractivity contribution in [2.45, 2.75) is 59.8 Å². The highest BCUT2D eigenvalue weighted by molar-refractivity contribution is 6.33. The second-order valence-corrected chi connectivity index (χ2v) is 11.1. The van der Waals surface area contributed by atoms with E-state index in [1.807, 2.05) is 20.8 Å². The van der Waals surface area contributed by atoms with E-state index in [0.29, 0.717) is 23.7 Å². The van der Waals surface area contributed by atoms with Crippen LogP contribution in [0.15, 0.2) is 42.5 Å². The number of halogens is 1. The molecular formula is C27H37ClN2O3. The Kier molecular flexibility index (Phi) is 8.96. The molecule has 2 aromatic carbocycles. The van der Waals surface area contributed by atoms with Crippen LogP contribution >= 0.6 is 11.6 Å². The van der Waals surface area contributed by atoms with Gasteiger partial charge in [0.05, 0.1) is 29.2 Å². The van der Waals surface area contributed by atoms with E-state index in [1.54, 1.807) is 18.2 Å². The Balaban J connectivity index is 2.04. The van der Waals surface area contributed by atoms with Gasteiger partial charge in [0.2, 0.25) is 5.91 Å². The van der Waals surface area contributed by atoms with Gasteiger partial charge in [-0.15, -0.1) is 0 Å². The molecule has 0 spiro atoms. The van der Waals surface area contributed by atoms with E-state index in [-0.39, 0.29) is 36.2 Å². The van der Waals surface area contributed by atoms with Gasteiger partial charge in [-0.1, -0.05) is 62.7 Å². The SMILES string of the molecule is CC(C)(C)C(=O)OCC(CNC(=O)Cc1ccc(N)c(Cl)c1)Cc1ccc(C(C)(C)C)cc1. The highest BCUT2D eigenvalue weighted by Crippen LogP contribution is 2.23. The zero-order chi connectivity index (χ0) is 24.8. The molecule has 180 valence electrons. The third-order valence-corrected chi connectivity index (χ3v) is 5.75. The number of esters is 1. The number of ether oxygens (including phenoxy) is 1. The number of anilines is 1. The van der Waals surface area contributed by atoms with Gasteiger partial charge in [0.1, 0.15) is 0 Å². The third-order valence-electron chi connectivity index (χ3n) is 5.42. The van der Waals surface area contributed by atoms with E-state index >= 15 is 0 Å². The van der Waals surface area contributed by atoms with Crippen molar-refractivity contribution in [2.24, 2.45) is 11.3 Å². The summed E-state index contributed by atoms with van der Waals surface area (Å²) in [6, 6.07) is 13.7. The van der Waals surface area contributed by atoms with Crippen molar-refractivity contribution >= 4 is 29.2 Å². The Morgan fingerprint density at radius 3 is 2.15 bits per heavy atom. The molecule has 0 heterocycles. The van der Waals surface area contributed by atoms with Gasteiger partial charge in [-0.25, -0.2) is 0 Å². The van der Waals surface area contributed by atoms with Crippen LogP contribution in [-0.2, 0) is 32.6 Å². The van der Waals surface area contributed by atoms with Crippen molar-refractivity contribution in [3.63, 3.8) is 0 Å². The van der Waals surface area contributed by atoms with Gasteiger partial charge in [0.25, 0.3) is 0 Å². The van der Waals surface area contributed by atoms with Crippen LogP contribution in [0.4, 0.5) is 5.69 Å². The molecule has 2 rings (SSSR count). The number of nitrogen functional groups attached to an aromatic ring is 1. The molecule has 0 aromatic heterocycles. The van der Waals surface area contributed by atoms with E-state index in [4.69, 9.17) is 22.1 Å². The maximum absolute atomic E-state index is 12.5. The minimum Gasteiger partial charge on any atom is -0.465 e. The summed E-state index contributed by atoms with van der Waals surface area (Å²) in [5.41, 5.74) is 8.93. The maximum atomic E-state index is 12.5. The molecule has 0 radical (unpaired) electrons. The quantitative estimate of drug-likeness (QED) is 0.402. The Morgan fingerprint density at radius 1 is 1.00 bits per heavy atom. The van der Waals surface area contributed by atoms with E-state index in [1.165, 1.54) is 5.56 Å². The zero-order valence-corrected chi connectivity index (χ0v) is 21.4. The smallest absolute Gasteiger partial charge is 0.311 e. The summed E-state index contributed by atoms with van der Waals surface area (Å²) in [7, 11) is 0. The number of amides is 1. The lowest BCUT2D eigenvalue weighted by atomic mass is 9.86. The molecule has 5 nitrogen and oxygen atoms in total. The van der Waals surface area contributed by atoms with E-state index in [2.05, 4.69) is 50.4 Å². The average molecular weight is 473 g/mol. The summed E-state index contributed by atoms with van der Waals surface area (Å²) in [5, 5.41) is 3.42. The van der Waals surface area contributed by atoms with Gasteiger partial charge in [-0.2, -0.15) is 0 Å². The molecule has 1 amide bonds.